The second-order valence-corrected chi connectivity index (χ2v) is 5.58. The van der Waals surface area contributed by atoms with Gasteiger partial charge in [0, 0.05) is 28.2 Å². The fraction of sp³-hybridized carbons (Fsp3) is 0.294. The smallest absolute Gasteiger partial charge is 0.0874 e. The largest absolute Gasteiger partial charge is 0.285 e. The van der Waals surface area contributed by atoms with E-state index < -0.39 is 0 Å². The zero-order valence-electron chi connectivity index (χ0n) is 14.0. The number of hydrogen-bond donors (Lipinski definition) is 0. The van der Waals surface area contributed by atoms with E-state index in [1.807, 2.05) is 52.5 Å². The van der Waals surface area contributed by atoms with Crippen molar-refractivity contribution in [2.45, 2.75) is 6.42 Å². The van der Waals surface area contributed by atoms with Gasteiger partial charge in [-0.15, -0.1) is 10.2 Å². The highest BCUT2D eigenvalue weighted by atomic mass is 15.5. The normalized spacial score (nSPS) is 11.3. The molecule has 0 N–H and O–H groups in total. The van der Waals surface area contributed by atoms with Crippen LogP contribution in [0.1, 0.15) is 11.1 Å². The molecule has 0 saturated carbocycles. The molecule has 0 amide bonds. The van der Waals surface area contributed by atoms with Gasteiger partial charge < -0.3 is 0 Å². The van der Waals surface area contributed by atoms with Crippen LogP contribution in [0.25, 0.3) is 0 Å². The van der Waals surface area contributed by atoms with Crippen molar-refractivity contribution >= 4 is 11.4 Å². The highest BCUT2D eigenvalue weighted by Gasteiger charge is 1.98. The molecule has 0 aliphatic rings. The first kappa shape index (κ1) is 16.6. The molecule has 0 saturated heterocycles. The third kappa shape index (κ3) is 5.86. The Hall–Kier alpha value is -2.76. The number of benzene rings is 2. The van der Waals surface area contributed by atoms with Crippen LogP contribution in [0.15, 0.2) is 69.2 Å². The van der Waals surface area contributed by atoms with Crippen molar-refractivity contribution in [3.05, 3.63) is 59.7 Å². The highest BCUT2D eigenvalue weighted by molar-refractivity contribution is 5.42. The van der Waals surface area contributed by atoms with E-state index in [0.717, 1.165) is 17.8 Å². The molecule has 120 valence electrons. The van der Waals surface area contributed by atoms with Crippen LogP contribution in [-0.4, -0.2) is 38.2 Å². The molecule has 6 nitrogen and oxygen atoms in total. The molecule has 0 radical (unpaired) electrons. The van der Waals surface area contributed by atoms with Crippen LogP contribution in [0, 0.1) is 0 Å². The zero-order valence-corrected chi connectivity index (χ0v) is 14.0. The molecule has 0 aromatic heterocycles. The van der Waals surface area contributed by atoms with E-state index in [1.54, 1.807) is 10.0 Å². The maximum atomic E-state index is 4.12. The predicted octanol–water partition coefficient (Wildman–Crippen LogP) is 4.40. The first-order chi connectivity index (χ1) is 11.0. The Balaban J connectivity index is 1.99. The molecule has 0 bridgehead atoms. The van der Waals surface area contributed by atoms with Gasteiger partial charge in [-0.3, -0.25) is 10.0 Å². The van der Waals surface area contributed by atoms with Crippen molar-refractivity contribution in [2.75, 3.05) is 28.2 Å². The van der Waals surface area contributed by atoms with E-state index in [2.05, 4.69) is 44.9 Å². The third-order valence-electron chi connectivity index (χ3n) is 2.96. The number of rotatable bonds is 6. The van der Waals surface area contributed by atoms with E-state index >= 15 is 0 Å². The second-order valence-electron chi connectivity index (χ2n) is 5.58. The number of nitrogens with zero attached hydrogens (tertiary/aromatic N) is 6. The van der Waals surface area contributed by atoms with E-state index in [1.165, 1.54) is 11.1 Å². The minimum atomic E-state index is 0.849. The van der Waals surface area contributed by atoms with E-state index in [9.17, 15) is 0 Å². The molecule has 2 aromatic rings. The van der Waals surface area contributed by atoms with Gasteiger partial charge in [0.05, 0.1) is 11.4 Å². The Morgan fingerprint density at radius 1 is 0.609 bits per heavy atom. The van der Waals surface area contributed by atoms with Gasteiger partial charge in [-0.2, -0.15) is 0 Å². The highest BCUT2D eigenvalue weighted by Crippen LogP contribution is 2.19. The molecule has 2 aromatic carbocycles. The molecule has 0 aliphatic heterocycles. The predicted molar refractivity (Wildman–Crippen MR) is 92.1 cm³/mol. The molecule has 0 spiro atoms. The van der Waals surface area contributed by atoms with Gasteiger partial charge >= 0.3 is 0 Å². The van der Waals surface area contributed by atoms with Gasteiger partial charge in [-0.1, -0.05) is 34.7 Å². The Bertz CT molecular complexity index is 597. The molecule has 6 heteroatoms. The number of hydrogen-bond acceptors (Lipinski definition) is 4. The minimum absolute atomic E-state index is 0.849. The van der Waals surface area contributed by atoms with Crippen LogP contribution in [0.3, 0.4) is 0 Å². The molecule has 0 fully saturated rings. The summed E-state index contributed by atoms with van der Waals surface area (Å²) in [6, 6.07) is 16.2. The molecule has 0 heterocycles. The summed E-state index contributed by atoms with van der Waals surface area (Å²) in [7, 11) is 7.39. The van der Waals surface area contributed by atoms with E-state index in [0.29, 0.717) is 0 Å². The van der Waals surface area contributed by atoms with Gasteiger partial charge in [0.15, 0.2) is 0 Å². The summed E-state index contributed by atoms with van der Waals surface area (Å²) in [4.78, 5) is 0. The molecular weight excluding hydrogens is 288 g/mol. The van der Waals surface area contributed by atoms with Crippen LogP contribution >= 0.6 is 0 Å². The fourth-order valence-electron chi connectivity index (χ4n) is 1.88. The lowest BCUT2D eigenvalue weighted by Crippen LogP contribution is -1.98. The fourth-order valence-corrected chi connectivity index (χ4v) is 1.88. The van der Waals surface area contributed by atoms with Gasteiger partial charge in [0.1, 0.15) is 0 Å². The molecular formula is C17H22N6. The topological polar surface area (TPSA) is 55.9 Å². The minimum Gasteiger partial charge on any atom is -0.285 e. The van der Waals surface area contributed by atoms with E-state index in [4.69, 9.17) is 0 Å². The average Bonchev–Trinajstić information content (AvgIpc) is 2.53. The lowest BCUT2D eigenvalue weighted by molar-refractivity contribution is 0.408. The third-order valence-corrected chi connectivity index (χ3v) is 2.96. The SMILES string of the molecule is CN(C)N=Nc1ccc(Cc2ccc(N=NN(C)C)cc2)cc1. The molecule has 23 heavy (non-hydrogen) atoms. The van der Waals surface area contributed by atoms with Gasteiger partial charge in [0.2, 0.25) is 0 Å². The zero-order chi connectivity index (χ0) is 16.7. The van der Waals surface area contributed by atoms with Crippen molar-refractivity contribution in [1.82, 2.24) is 10.0 Å². The standard InChI is InChI=1S/C17H22N6/c1-22(2)20-18-16-9-5-14(6-10-16)13-15-7-11-17(12-8-15)19-21-23(3)4/h5-12H,13H2,1-4H3. The summed E-state index contributed by atoms with van der Waals surface area (Å²) in [5.41, 5.74) is 4.16. The van der Waals surface area contributed by atoms with Crippen LogP contribution in [0.4, 0.5) is 11.4 Å². The Morgan fingerprint density at radius 2 is 0.957 bits per heavy atom. The molecule has 0 unspecified atom stereocenters. The van der Waals surface area contributed by atoms with Crippen LogP contribution < -0.4 is 0 Å². The van der Waals surface area contributed by atoms with Crippen molar-refractivity contribution in [1.29, 1.82) is 0 Å². The summed E-state index contributed by atoms with van der Waals surface area (Å²) in [6.45, 7) is 0. The first-order valence-electron chi connectivity index (χ1n) is 7.39. The van der Waals surface area contributed by atoms with Crippen LogP contribution in [-0.2, 0) is 6.42 Å². The van der Waals surface area contributed by atoms with Crippen LogP contribution in [0.5, 0.6) is 0 Å². The van der Waals surface area contributed by atoms with Crippen molar-refractivity contribution in [2.24, 2.45) is 20.7 Å². The maximum Gasteiger partial charge on any atom is 0.0874 e. The molecule has 0 atom stereocenters. The lowest BCUT2D eigenvalue weighted by Gasteiger charge is -2.04. The maximum absolute atomic E-state index is 4.12. The van der Waals surface area contributed by atoms with Crippen molar-refractivity contribution in [3.8, 4) is 0 Å². The summed E-state index contributed by atoms with van der Waals surface area (Å²) < 4.78 is 0. The van der Waals surface area contributed by atoms with Crippen LogP contribution in [0.2, 0.25) is 0 Å². The Morgan fingerprint density at radius 3 is 1.26 bits per heavy atom. The van der Waals surface area contributed by atoms with Gasteiger partial charge in [0.25, 0.3) is 0 Å². The Labute approximate surface area is 137 Å². The quantitative estimate of drug-likeness (QED) is 0.586. The summed E-state index contributed by atoms with van der Waals surface area (Å²) >= 11 is 0. The summed E-state index contributed by atoms with van der Waals surface area (Å²) in [5.74, 6) is 0. The summed E-state index contributed by atoms with van der Waals surface area (Å²) in [6.07, 6.45) is 0.871. The molecule has 2 rings (SSSR count). The van der Waals surface area contributed by atoms with Gasteiger partial charge in [-0.05, 0) is 41.8 Å². The lowest BCUT2D eigenvalue weighted by atomic mass is 10.0. The van der Waals surface area contributed by atoms with Gasteiger partial charge in [-0.25, -0.2) is 0 Å². The molecule has 0 aliphatic carbocycles. The van der Waals surface area contributed by atoms with Crippen molar-refractivity contribution < 1.29 is 0 Å². The first-order valence-corrected chi connectivity index (χ1v) is 7.39. The van der Waals surface area contributed by atoms with E-state index in [-0.39, 0.29) is 0 Å². The monoisotopic (exact) mass is 310 g/mol. The summed E-state index contributed by atoms with van der Waals surface area (Å²) in [5, 5.41) is 19.6. The second kappa shape index (κ2) is 8.03. The average molecular weight is 310 g/mol. The van der Waals surface area contributed by atoms with Crippen molar-refractivity contribution in [3.63, 3.8) is 0 Å². The Kier molecular flexibility index (Phi) is 5.80.